The van der Waals surface area contributed by atoms with Crippen molar-refractivity contribution < 1.29 is 16.8 Å². The average molecular weight is 435 g/mol. The fourth-order valence-electron chi connectivity index (χ4n) is 4.94. The molecule has 2 aromatic carbocycles. The van der Waals surface area contributed by atoms with Crippen molar-refractivity contribution in [3.63, 3.8) is 0 Å². The van der Waals surface area contributed by atoms with Crippen LogP contribution < -0.4 is 9.03 Å². The molecule has 1 N–H and O–H groups in total. The molecule has 4 rings (SSSR count). The fourth-order valence-corrected chi connectivity index (χ4v) is 7.90. The van der Waals surface area contributed by atoms with Gasteiger partial charge in [-0.3, -0.25) is 0 Å². The first kappa shape index (κ1) is 20.2. The largest absolute Gasteiger partial charge is 0.378 e. The minimum absolute atomic E-state index is 0.179. The molecule has 29 heavy (non-hydrogen) atoms. The van der Waals surface area contributed by atoms with E-state index in [2.05, 4.69) is 17.4 Å². The second-order valence-electron chi connectivity index (χ2n) is 8.08. The van der Waals surface area contributed by atoms with Crippen molar-refractivity contribution in [1.29, 1.82) is 0 Å². The summed E-state index contributed by atoms with van der Waals surface area (Å²) in [5.41, 5.74) is 3.38. The maximum Gasteiger partial charge on any atom is 0.245 e. The minimum atomic E-state index is -3.96. The van der Waals surface area contributed by atoms with Gasteiger partial charge < -0.3 is 5.32 Å². The molecule has 156 valence electrons. The highest BCUT2D eigenvalue weighted by molar-refractivity contribution is 8.09. The van der Waals surface area contributed by atoms with E-state index in [-0.39, 0.29) is 17.6 Å². The first-order valence-corrected chi connectivity index (χ1v) is 13.5. The van der Waals surface area contributed by atoms with Gasteiger partial charge in [-0.15, -0.1) is 0 Å². The molecule has 6 nitrogen and oxygen atoms in total. The van der Waals surface area contributed by atoms with Gasteiger partial charge in [0.1, 0.15) is 0 Å². The van der Waals surface area contributed by atoms with E-state index in [9.17, 15) is 16.8 Å². The smallest absolute Gasteiger partial charge is 0.245 e. The lowest BCUT2D eigenvalue weighted by molar-refractivity contribution is 0.265. The molecule has 1 fully saturated rings. The number of anilines is 2. The molecule has 2 aliphatic rings. The molecular weight excluding hydrogens is 408 g/mol. The van der Waals surface area contributed by atoms with Gasteiger partial charge in [-0.05, 0) is 54.0 Å². The van der Waals surface area contributed by atoms with E-state index in [0.717, 1.165) is 43.0 Å². The van der Waals surface area contributed by atoms with Gasteiger partial charge in [0.05, 0.1) is 24.2 Å². The predicted octanol–water partition coefficient (Wildman–Crippen LogP) is 3.85. The zero-order valence-electron chi connectivity index (χ0n) is 16.6. The van der Waals surface area contributed by atoms with Gasteiger partial charge in [-0.1, -0.05) is 43.2 Å². The first-order chi connectivity index (χ1) is 13.7. The van der Waals surface area contributed by atoms with Gasteiger partial charge in [-0.2, -0.15) is 3.71 Å². The van der Waals surface area contributed by atoms with Crippen LogP contribution in [0.25, 0.3) is 0 Å². The summed E-state index contributed by atoms with van der Waals surface area (Å²) in [7, 11) is -7.92. The van der Waals surface area contributed by atoms with Crippen LogP contribution in [0.15, 0.2) is 48.5 Å². The molecule has 1 aliphatic carbocycles. The molecule has 1 heterocycles. The van der Waals surface area contributed by atoms with Crippen molar-refractivity contribution in [1.82, 2.24) is 0 Å². The van der Waals surface area contributed by atoms with Crippen LogP contribution in [0.1, 0.15) is 48.8 Å². The van der Waals surface area contributed by atoms with Crippen LogP contribution in [-0.2, 0) is 20.0 Å². The molecule has 0 aromatic heterocycles. The van der Waals surface area contributed by atoms with Crippen molar-refractivity contribution in [2.75, 3.05) is 21.5 Å². The van der Waals surface area contributed by atoms with E-state index in [1.54, 1.807) is 12.1 Å². The van der Waals surface area contributed by atoms with Crippen LogP contribution in [0.4, 0.5) is 11.4 Å². The Morgan fingerprint density at radius 2 is 1.55 bits per heavy atom. The quantitative estimate of drug-likeness (QED) is 0.790. The van der Waals surface area contributed by atoms with Gasteiger partial charge in [-0.25, -0.2) is 16.8 Å². The minimum Gasteiger partial charge on any atom is -0.378 e. The molecule has 1 saturated carbocycles. The number of hydrogen-bond donors (Lipinski definition) is 1. The van der Waals surface area contributed by atoms with Crippen molar-refractivity contribution in [2.24, 2.45) is 5.92 Å². The molecule has 0 bridgehead atoms. The number of nitrogens with one attached hydrogen (secondary N) is 1. The summed E-state index contributed by atoms with van der Waals surface area (Å²) in [4.78, 5) is 0. The standard InChI is InChI=1S/C21H26N2O4S2/c1-28(24,25)23(29(2,26)27)16-12-13-20-19(14-16)17-10-6-7-11-18(17)21(22-20)15-8-4-3-5-9-15/h3-5,8-9,12-14,17-18,21-22H,6-7,10-11H2,1-2H3. The predicted molar refractivity (Wildman–Crippen MR) is 116 cm³/mol. The Morgan fingerprint density at radius 3 is 2.21 bits per heavy atom. The molecule has 0 saturated heterocycles. The Hall–Kier alpha value is -2.06. The van der Waals surface area contributed by atoms with Crippen LogP contribution in [0.5, 0.6) is 0 Å². The van der Waals surface area contributed by atoms with E-state index < -0.39 is 20.0 Å². The van der Waals surface area contributed by atoms with Crippen LogP contribution >= 0.6 is 0 Å². The Balaban J connectivity index is 1.81. The third-order valence-corrected chi connectivity index (χ3v) is 9.22. The Labute approximate surface area is 173 Å². The van der Waals surface area contributed by atoms with Crippen molar-refractivity contribution in [3.8, 4) is 0 Å². The topological polar surface area (TPSA) is 83.6 Å². The molecule has 3 atom stereocenters. The Bertz CT molecular complexity index is 1080. The van der Waals surface area contributed by atoms with Crippen LogP contribution in [-0.4, -0.2) is 29.3 Å². The highest BCUT2D eigenvalue weighted by Crippen LogP contribution is 2.52. The summed E-state index contributed by atoms with van der Waals surface area (Å²) in [6.07, 6.45) is 6.22. The zero-order chi connectivity index (χ0) is 20.8. The lowest BCUT2D eigenvalue weighted by Crippen LogP contribution is -2.36. The molecule has 8 heteroatoms. The fraction of sp³-hybridized carbons (Fsp3) is 0.429. The van der Waals surface area contributed by atoms with E-state index in [1.807, 2.05) is 24.3 Å². The Kier molecular flexibility index (Phi) is 5.11. The summed E-state index contributed by atoms with van der Waals surface area (Å²) in [5, 5.41) is 3.64. The first-order valence-electron chi connectivity index (χ1n) is 9.82. The molecule has 0 amide bonds. The number of sulfonamides is 2. The second kappa shape index (κ2) is 7.32. The highest BCUT2D eigenvalue weighted by atomic mass is 32.3. The van der Waals surface area contributed by atoms with E-state index in [4.69, 9.17) is 0 Å². The molecule has 3 unspecified atom stereocenters. The van der Waals surface area contributed by atoms with Gasteiger partial charge in [0.2, 0.25) is 20.0 Å². The zero-order valence-corrected chi connectivity index (χ0v) is 18.2. The molecule has 0 spiro atoms. The van der Waals surface area contributed by atoms with Gasteiger partial charge >= 0.3 is 0 Å². The molecular formula is C21H26N2O4S2. The van der Waals surface area contributed by atoms with Crippen LogP contribution in [0, 0.1) is 5.92 Å². The van der Waals surface area contributed by atoms with Gasteiger partial charge in [0, 0.05) is 5.69 Å². The lowest BCUT2D eigenvalue weighted by Gasteiger charge is -2.44. The number of benzene rings is 2. The van der Waals surface area contributed by atoms with Gasteiger partial charge in [0.15, 0.2) is 0 Å². The second-order valence-corrected chi connectivity index (χ2v) is 12.0. The maximum atomic E-state index is 12.2. The highest BCUT2D eigenvalue weighted by Gasteiger charge is 2.39. The number of fused-ring (bicyclic) bond motifs is 3. The summed E-state index contributed by atoms with van der Waals surface area (Å²) in [6.45, 7) is 0. The Morgan fingerprint density at radius 1 is 0.897 bits per heavy atom. The summed E-state index contributed by atoms with van der Waals surface area (Å²) in [5.74, 6) is 0.657. The lowest BCUT2D eigenvalue weighted by atomic mass is 9.68. The summed E-state index contributed by atoms with van der Waals surface area (Å²) in [6, 6.07) is 15.7. The molecule has 2 aromatic rings. The average Bonchev–Trinajstić information content (AvgIpc) is 2.66. The van der Waals surface area contributed by atoms with Crippen molar-refractivity contribution in [2.45, 2.75) is 37.6 Å². The normalized spacial score (nSPS) is 24.1. The summed E-state index contributed by atoms with van der Waals surface area (Å²) < 4.78 is 49.3. The third-order valence-electron chi connectivity index (χ3n) is 5.97. The van der Waals surface area contributed by atoms with E-state index in [1.165, 1.54) is 12.0 Å². The monoisotopic (exact) mass is 434 g/mol. The van der Waals surface area contributed by atoms with Crippen molar-refractivity contribution in [3.05, 3.63) is 59.7 Å². The number of hydrogen-bond acceptors (Lipinski definition) is 5. The summed E-state index contributed by atoms with van der Waals surface area (Å²) >= 11 is 0. The SMILES string of the molecule is CS(=O)(=O)N(c1ccc2c(c1)C1CCCCC1C(c1ccccc1)N2)S(C)(=O)=O. The third kappa shape index (κ3) is 3.88. The van der Waals surface area contributed by atoms with E-state index in [0.29, 0.717) is 9.63 Å². The van der Waals surface area contributed by atoms with Crippen LogP contribution in [0.3, 0.4) is 0 Å². The number of rotatable bonds is 4. The van der Waals surface area contributed by atoms with E-state index >= 15 is 0 Å². The van der Waals surface area contributed by atoms with Gasteiger partial charge in [0.25, 0.3) is 0 Å². The van der Waals surface area contributed by atoms with Crippen LogP contribution in [0.2, 0.25) is 0 Å². The van der Waals surface area contributed by atoms with Crippen molar-refractivity contribution >= 4 is 31.4 Å². The number of nitrogens with zero attached hydrogens (tertiary/aromatic N) is 1. The maximum absolute atomic E-state index is 12.2. The molecule has 1 aliphatic heterocycles. The molecule has 0 radical (unpaired) electrons.